The fourth-order valence-electron chi connectivity index (χ4n) is 16.2. The molecule has 0 unspecified atom stereocenters. The number of benzene rings is 16. The number of aromatic nitrogens is 8. The van der Waals surface area contributed by atoms with E-state index in [1.807, 2.05) is 95.5 Å². The molecule has 0 aliphatic heterocycles. The van der Waals surface area contributed by atoms with Gasteiger partial charge in [-0.25, -0.2) is 29.9 Å². The van der Waals surface area contributed by atoms with Crippen molar-refractivity contribution in [1.82, 2.24) is 39.0 Å². The average Bonchev–Trinajstić information content (AvgIpc) is 1.55. The van der Waals surface area contributed by atoms with Crippen molar-refractivity contribution in [2.75, 3.05) is 0 Å². The van der Waals surface area contributed by atoms with Crippen LogP contribution in [0.1, 0.15) is 0 Å². The zero-order chi connectivity index (χ0) is 74.0. The van der Waals surface area contributed by atoms with Crippen LogP contribution in [-0.2, 0) is 0 Å². The third-order valence-electron chi connectivity index (χ3n) is 21.4. The fourth-order valence-corrected chi connectivity index (χ4v) is 18.5. The normalized spacial score (nSPS) is 11.6. The van der Waals surface area contributed by atoms with Crippen LogP contribution in [0.25, 0.3) is 208 Å². The Morgan fingerprint density at radius 2 is 0.518 bits per heavy atom. The predicted octanol–water partition coefficient (Wildman–Crippen LogP) is 27.3. The van der Waals surface area contributed by atoms with E-state index in [0.29, 0.717) is 34.9 Å². The summed E-state index contributed by atoms with van der Waals surface area (Å²) in [7, 11) is 0. The lowest BCUT2D eigenvalue weighted by atomic mass is 9.93. The summed E-state index contributed by atoms with van der Waals surface area (Å²) in [6, 6.07) is 137. The van der Waals surface area contributed by atoms with Gasteiger partial charge in [-0.15, -0.1) is 22.7 Å². The van der Waals surface area contributed by atoms with E-state index >= 15 is 0 Å². The van der Waals surface area contributed by atoms with Crippen LogP contribution in [0, 0.1) is 0 Å². The first-order chi connectivity index (χ1) is 55.5. The van der Waals surface area contributed by atoms with Crippen molar-refractivity contribution >= 4 is 107 Å². The molecular weight excluding hydrogens is 1400 g/mol. The van der Waals surface area contributed by atoms with Crippen LogP contribution < -0.4 is 0 Å². The third-order valence-corrected chi connectivity index (χ3v) is 23.7. The highest BCUT2D eigenvalue weighted by Gasteiger charge is 2.26. The molecule has 0 spiro atoms. The predicted molar refractivity (Wildman–Crippen MR) is 468 cm³/mol. The summed E-state index contributed by atoms with van der Waals surface area (Å²) < 4.78 is 9.94. The lowest BCUT2D eigenvalue weighted by molar-refractivity contribution is 1.06. The Balaban J connectivity index is 0.000000141. The van der Waals surface area contributed by atoms with Gasteiger partial charge in [-0.2, -0.15) is 0 Å². The highest BCUT2D eigenvalue weighted by Crippen LogP contribution is 2.48. The molecule has 16 aromatic carbocycles. The molecule has 0 atom stereocenters. The van der Waals surface area contributed by atoms with Gasteiger partial charge in [0.05, 0.1) is 38.1 Å². The second-order valence-corrected chi connectivity index (χ2v) is 30.1. The molecule has 8 nitrogen and oxygen atoms in total. The van der Waals surface area contributed by atoms with Crippen molar-refractivity contribution in [2.45, 2.75) is 0 Å². The van der Waals surface area contributed by atoms with Crippen molar-refractivity contribution in [3.63, 3.8) is 0 Å². The summed E-state index contributed by atoms with van der Waals surface area (Å²) in [6.07, 6.45) is 0. The molecule has 10 heteroatoms. The maximum atomic E-state index is 5.31. The summed E-state index contributed by atoms with van der Waals surface area (Å²) in [5.41, 5.74) is 21.3. The Kier molecular flexibility index (Phi) is 16.4. The topological polar surface area (TPSA) is 87.2 Å². The molecule has 0 aliphatic carbocycles. The third kappa shape index (κ3) is 11.7. The molecule has 0 bridgehead atoms. The van der Waals surface area contributed by atoms with Gasteiger partial charge >= 0.3 is 0 Å². The molecule has 524 valence electrons. The number of hydrogen-bond acceptors (Lipinski definition) is 8. The molecular formula is C102H64N8S2. The van der Waals surface area contributed by atoms with Gasteiger partial charge in [0.25, 0.3) is 0 Å². The molecule has 6 aromatic heterocycles. The summed E-state index contributed by atoms with van der Waals surface area (Å²) in [4.78, 5) is 31.3. The zero-order valence-electron chi connectivity index (χ0n) is 60.3. The Bertz CT molecular complexity index is 7250. The van der Waals surface area contributed by atoms with Gasteiger partial charge in [-0.3, -0.25) is 0 Å². The van der Waals surface area contributed by atoms with E-state index in [1.54, 1.807) is 0 Å². The van der Waals surface area contributed by atoms with Crippen LogP contribution in [0.2, 0.25) is 0 Å². The molecule has 0 radical (unpaired) electrons. The number of fused-ring (bicyclic) bond motifs is 13. The second kappa shape index (κ2) is 28.0. The SMILES string of the molecule is c1ccc(-c2nc(-c3ccccc3)nc(-c3cc(-c4ccccc4-c4ccccc4)ccc3-n3c4ccccc4c4cc5c(cc43)sc3ccccc35)n2)cc1.c1ccc(-c2nc(-c3ccccc3)nc(-c3cc(-c4ccccc4-c4ccccc4)ccc3-n3c4ccccc4c4ccc5c6ccccc6sc5c43)n2)cc1. The maximum Gasteiger partial charge on any atom is 0.166 e. The van der Waals surface area contributed by atoms with E-state index in [2.05, 4.69) is 325 Å². The average molecular weight is 1470 g/mol. The van der Waals surface area contributed by atoms with Crippen LogP contribution in [0.3, 0.4) is 0 Å². The minimum Gasteiger partial charge on any atom is -0.308 e. The van der Waals surface area contributed by atoms with E-state index in [4.69, 9.17) is 29.9 Å². The molecule has 0 fully saturated rings. The van der Waals surface area contributed by atoms with Crippen molar-refractivity contribution in [1.29, 1.82) is 0 Å². The van der Waals surface area contributed by atoms with Gasteiger partial charge in [0.15, 0.2) is 34.9 Å². The Morgan fingerprint density at radius 1 is 0.179 bits per heavy atom. The minimum atomic E-state index is 0.612. The molecule has 0 amide bonds. The van der Waals surface area contributed by atoms with Crippen LogP contribution in [-0.4, -0.2) is 39.0 Å². The van der Waals surface area contributed by atoms with E-state index in [0.717, 1.165) is 83.6 Å². The van der Waals surface area contributed by atoms with Gasteiger partial charge in [0.1, 0.15) is 0 Å². The van der Waals surface area contributed by atoms with Crippen molar-refractivity contribution < 1.29 is 0 Å². The van der Waals surface area contributed by atoms with Crippen LogP contribution in [0.15, 0.2) is 388 Å². The summed E-state index contributed by atoms with van der Waals surface area (Å²) >= 11 is 3.70. The molecule has 6 heterocycles. The van der Waals surface area contributed by atoms with Crippen molar-refractivity contribution in [2.24, 2.45) is 0 Å². The quantitative estimate of drug-likeness (QED) is 0.121. The first-order valence-corrected chi connectivity index (χ1v) is 39.2. The van der Waals surface area contributed by atoms with Gasteiger partial charge in [-0.05, 0) is 105 Å². The second-order valence-electron chi connectivity index (χ2n) is 28.0. The molecule has 112 heavy (non-hydrogen) atoms. The monoisotopic (exact) mass is 1460 g/mol. The number of nitrogens with zero attached hydrogens (tertiary/aromatic N) is 8. The van der Waals surface area contributed by atoms with E-state index in [1.165, 1.54) is 89.7 Å². The number of para-hydroxylation sites is 2. The molecule has 22 rings (SSSR count). The van der Waals surface area contributed by atoms with Crippen molar-refractivity contribution in [3.8, 4) is 124 Å². The van der Waals surface area contributed by atoms with E-state index in [9.17, 15) is 0 Å². The lowest BCUT2D eigenvalue weighted by Gasteiger charge is -2.17. The standard InChI is InChI=1S/2C51H32N4S/c1-4-16-33(17-5-1)37-22-10-11-23-38(37)36-28-31-45(43(32-36)51-53-49(34-18-6-2-7-19-34)52-50(54-51)35-20-8-3-9-21-35)55-44-26-14-12-24-39(44)41-29-30-42-40-25-13-15-27-46(40)56-48(42)47(41)55;1-4-16-33(17-5-1)37-22-10-11-23-38(37)36-28-29-45(43(30-36)51-53-49(34-18-6-2-7-19-34)52-50(54-51)35-20-8-3-9-21-35)55-44-26-14-12-24-39(44)41-31-42-40-25-13-15-27-47(40)56-48(42)32-46(41)55/h2*1-32H. The fraction of sp³-hybridized carbons (Fsp3) is 0. The highest BCUT2D eigenvalue weighted by molar-refractivity contribution is 7.27. The first-order valence-electron chi connectivity index (χ1n) is 37.6. The van der Waals surface area contributed by atoms with Crippen LogP contribution in [0.5, 0.6) is 0 Å². The summed E-state index contributed by atoms with van der Waals surface area (Å²) in [6.45, 7) is 0. The number of thiophene rings is 2. The zero-order valence-corrected chi connectivity index (χ0v) is 62.0. The molecule has 0 saturated heterocycles. The van der Waals surface area contributed by atoms with Crippen LogP contribution in [0.4, 0.5) is 0 Å². The van der Waals surface area contributed by atoms with Gasteiger partial charge in [-0.1, -0.05) is 328 Å². The summed E-state index contributed by atoms with van der Waals surface area (Å²) in [5, 5.41) is 9.95. The molecule has 0 aliphatic rings. The Morgan fingerprint density at radius 3 is 0.982 bits per heavy atom. The largest absolute Gasteiger partial charge is 0.308 e. The summed E-state index contributed by atoms with van der Waals surface area (Å²) in [5.74, 6) is 3.74. The smallest absolute Gasteiger partial charge is 0.166 e. The molecule has 0 N–H and O–H groups in total. The van der Waals surface area contributed by atoms with Gasteiger partial charge in [0.2, 0.25) is 0 Å². The Labute approximate surface area is 653 Å². The van der Waals surface area contributed by atoms with Crippen molar-refractivity contribution in [3.05, 3.63) is 388 Å². The number of rotatable bonds is 12. The van der Waals surface area contributed by atoms with Gasteiger partial charge in [0, 0.05) is 90.6 Å². The molecule has 0 saturated carbocycles. The molecule has 22 aromatic rings. The first kappa shape index (κ1) is 65.8. The van der Waals surface area contributed by atoms with E-state index < -0.39 is 0 Å². The minimum absolute atomic E-state index is 0.612. The van der Waals surface area contributed by atoms with Crippen LogP contribution >= 0.6 is 22.7 Å². The lowest BCUT2D eigenvalue weighted by Crippen LogP contribution is -2.04. The Hall–Kier alpha value is -14.4. The maximum absolute atomic E-state index is 5.31. The van der Waals surface area contributed by atoms with Gasteiger partial charge < -0.3 is 9.13 Å². The highest BCUT2D eigenvalue weighted by atomic mass is 32.1. The van der Waals surface area contributed by atoms with E-state index in [-0.39, 0.29) is 0 Å². The number of hydrogen-bond donors (Lipinski definition) is 0.